The normalized spacial score (nSPS) is 19.1. The Morgan fingerprint density at radius 3 is 2.65 bits per heavy atom. The van der Waals surface area contributed by atoms with E-state index in [4.69, 9.17) is 37.8 Å². The molecule has 0 saturated carbocycles. The van der Waals surface area contributed by atoms with Gasteiger partial charge in [0, 0.05) is 6.42 Å². The molecule has 20 heavy (non-hydrogen) atoms. The van der Waals surface area contributed by atoms with E-state index >= 15 is 0 Å². The topological polar surface area (TPSA) is 95.7 Å². The summed E-state index contributed by atoms with van der Waals surface area (Å²) in [6.07, 6.45) is 0.170. The van der Waals surface area contributed by atoms with Gasteiger partial charge in [0.05, 0.1) is 28.8 Å². The Balaban J connectivity index is 2.37. The SMILES string of the molecule is NS(=O)(=O)c1ccc(Cl)c(C(=O)OC2CCOC2)c1Cl. The molecule has 0 bridgehead atoms. The zero-order valence-electron chi connectivity index (χ0n) is 10.1. The maximum atomic E-state index is 12.0. The van der Waals surface area contributed by atoms with Crippen LogP contribution in [0.1, 0.15) is 16.8 Å². The van der Waals surface area contributed by atoms with Gasteiger partial charge in [0.2, 0.25) is 10.0 Å². The van der Waals surface area contributed by atoms with E-state index in [9.17, 15) is 13.2 Å². The highest BCUT2D eigenvalue weighted by atomic mass is 35.5. The first-order valence-electron chi connectivity index (χ1n) is 5.60. The van der Waals surface area contributed by atoms with Gasteiger partial charge in [0.15, 0.2) is 0 Å². The number of nitrogens with two attached hydrogens (primary N) is 1. The fourth-order valence-electron chi connectivity index (χ4n) is 1.76. The second-order valence-corrected chi connectivity index (χ2v) is 6.49. The number of primary sulfonamides is 1. The summed E-state index contributed by atoms with van der Waals surface area (Å²) >= 11 is 11.8. The molecule has 0 amide bonds. The average molecular weight is 340 g/mol. The molecular formula is C11H11Cl2NO5S. The number of rotatable bonds is 3. The molecular weight excluding hydrogens is 329 g/mol. The van der Waals surface area contributed by atoms with Crippen LogP contribution in [0.2, 0.25) is 10.0 Å². The summed E-state index contributed by atoms with van der Waals surface area (Å²) < 4.78 is 33.0. The average Bonchev–Trinajstić information content (AvgIpc) is 2.79. The van der Waals surface area contributed by atoms with Crippen molar-refractivity contribution in [2.75, 3.05) is 13.2 Å². The second kappa shape index (κ2) is 5.87. The van der Waals surface area contributed by atoms with Gasteiger partial charge < -0.3 is 9.47 Å². The Bertz CT molecular complexity index is 640. The summed E-state index contributed by atoms with van der Waals surface area (Å²) in [4.78, 5) is 11.7. The first kappa shape index (κ1) is 15.5. The smallest absolute Gasteiger partial charge is 0.341 e. The monoisotopic (exact) mass is 339 g/mol. The molecule has 1 aromatic rings. The van der Waals surface area contributed by atoms with Crippen LogP contribution < -0.4 is 5.14 Å². The van der Waals surface area contributed by atoms with Crippen molar-refractivity contribution in [2.45, 2.75) is 17.4 Å². The molecule has 2 N–H and O–H groups in total. The number of esters is 1. The first-order chi connectivity index (χ1) is 9.30. The molecule has 1 unspecified atom stereocenters. The summed E-state index contributed by atoms with van der Waals surface area (Å²) in [7, 11) is -4.06. The molecule has 0 aromatic heterocycles. The molecule has 1 atom stereocenters. The minimum absolute atomic E-state index is 0.00804. The Labute approximate surface area is 125 Å². The van der Waals surface area contributed by atoms with E-state index < -0.39 is 22.1 Å². The molecule has 6 nitrogen and oxygen atoms in total. The van der Waals surface area contributed by atoms with E-state index in [1.54, 1.807) is 0 Å². The van der Waals surface area contributed by atoms with Crippen LogP contribution in [0.3, 0.4) is 0 Å². The van der Waals surface area contributed by atoms with Crippen LogP contribution in [-0.2, 0) is 19.5 Å². The Morgan fingerprint density at radius 2 is 2.10 bits per heavy atom. The van der Waals surface area contributed by atoms with E-state index in [0.29, 0.717) is 13.0 Å². The van der Waals surface area contributed by atoms with Crippen molar-refractivity contribution in [1.82, 2.24) is 0 Å². The molecule has 0 aliphatic carbocycles. The molecule has 0 radical (unpaired) electrons. The number of hydrogen-bond acceptors (Lipinski definition) is 5. The number of hydrogen-bond donors (Lipinski definition) is 1. The highest BCUT2D eigenvalue weighted by molar-refractivity contribution is 7.89. The summed E-state index contributed by atoms with van der Waals surface area (Å²) in [5.74, 6) is -0.805. The number of sulfonamides is 1. The lowest BCUT2D eigenvalue weighted by atomic mass is 10.2. The van der Waals surface area contributed by atoms with Crippen molar-refractivity contribution in [1.29, 1.82) is 0 Å². The number of benzene rings is 1. The predicted octanol–water partition coefficient (Wildman–Crippen LogP) is 1.59. The zero-order chi connectivity index (χ0) is 14.9. The van der Waals surface area contributed by atoms with Gasteiger partial charge in [0.25, 0.3) is 0 Å². The maximum absolute atomic E-state index is 12.0. The minimum Gasteiger partial charge on any atom is -0.456 e. The van der Waals surface area contributed by atoms with Gasteiger partial charge in [-0.25, -0.2) is 18.4 Å². The van der Waals surface area contributed by atoms with Crippen LogP contribution in [0, 0.1) is 0 Å². The fraction of sp³-hybridized carbons (Fsp3) is 0.364. The number of carbonyl (C=O) groups excluding carboxylic acids is 1. The van der Waals surface area contributed by atoms with Crippen LogP contribution >= 0.6 is 23.2 Å². The van der Waals surface area contributed by atoms with E-state index in [1.165, 1.54) is 6.07 Å². The lowest BCUT2D eigenvalue weighted by molar-refractivity contribution is 0.0271. The summed E-state index contributed by atoms with van der Waals surface area (Å²) in [5, 5.41) is 4.66. The standard InChI is InChI=1S/C11H11Cl2NO5S/c12-7-1-2-8(20(14,16)17)10(13)9(7)11(15)19-6-3-4-18-5-6/h1-2,6H,3-5H2,(H2,14,16,17). The highest BCUT2D eigenvalue weighted by Crippen LogP contribution is 2.31. The van der Waals surface area contributed by atoms with E-state index in [0.717, 1.165) is 6.07 Å². The van der Waals surface area contributed by atoms with Gasteiger partial charge in [-0.05, 0) is 12.1 Å². The van der Waals surface area contributed by atoms with Crippen molar-refractivity contribution in [2.24, 2.45) is 5.14 Å². The van der Waals surface area contributed by atoms with Gasteiger partial charge >= 0.3 is 5.97 Å². The Hall–Kier alpha value is -0.860. The molecule has 1 fully saturated rings. The molecule has 1 aliphatic rings. The van der Waals surface area contributed by atoms with E-state index in [1.807, 2.05) is 0 Å². The van der Waals surface area contributed by atoms with Crippen molar-refractivity contribution in [3.05, 3.63) is 27.7 Å². The summed E-state index contributed by atoms with van der Waals surface area (Å²) in [6.45, 7) is 0.784. The van der Waals surface area contributed by atoms with Crippen LogP contribution in [0.5, 0.6) is 0 Å². The highest BCUT2D eigenvalue weighted by Gasteiger charge is 2.27. The number of halogens is 2. The first-order valence-corrected chi connectivity index (χ1v) is 7.90. The van der Waals surface area contributed by atoms with Gasteiger partial charge in [-0.3, -0.25) is 0 Å². The second-order valence-electron chi connectivity index (χ2n) is 4.17. The summed E-state index contributed by atoms with van der Waals surface area (Å²) in [6, 6.07) is 2.37. The number of ether oxygens (including phenoxy) is 2. The van der Waals surface area contributed by atoms with E-state index in [2.05, 4.69) is 0 Å². The third-order valence-corrected chi connectivity index (χ3v) is 4.50. The molecule has 2 rings (SSSR count). The van der Waals surface area contributed by atoms with Gasteiger partial charge in [-0.2, -0.15) is 0 Å². The van der Waals surface area contributed by atoms with E-state index in [-0.39, 0.29) is 27.1 Å². The van der Waals surface area contributed by atoms with Crippen molar-refractivity contribution >= 4 is 39.2 Å². The Morgan fingerprint density at radius 1 is 1.40 bits per heavy atom. The lowest BCUT2D eigenvalue weighted by Gasteiger charge is -2.13. The summed E-state index contributed by atoms with van der Waals surface area (Å²) in [5.41, 5.74) is -0.216. The molecule has 1 aromatic carbocycles. The van der Waals surface area contributed by atoms with Gasteiger partial charge in [-0.1, -0.05) is 23.2 Å². The molecule has 110 valence electrons. The minimum atomic E-state index is -4.06. The van der Waals surface area contributed by atoms with Gasteiger partial charge in [0.1, 0.15) is 11.0 Å². The fourth-order valence-corrected chi connectivity index (χ4v) is 3.21. The van der Waals surface area contributed by atoms with Crippen molar-refractivity contribution in [3.63, 3.8) is 0 Å². The van der Waals surface area contributed by atoms with Crippen molar-refractivity contribution < 1.29 is 22.7 Å². The molecule has 0 spiro atoms. The predicted molar refractivity (Wildman–Crippen MR) is 72.5 cm³/mol. The van der Waals surface area contributed by atoms with Crippen LogP contribution in [0.25, 0.3) is 0 Å². The Kier molecular flexibility index (Phi) is 4.55. The van der Waals surface area contributed by atoms with Crippen LogP contribution in [-0.4, -0.2) is 33.7 Å². The van der Waals surface area contributed by atoms with Crippen molar-refractivity contribution in [3.8, 4) is 0 Å². The molecule has 9 heteroatoms. The quantitative estimate of drug-likeness (QED) is 0.843. The van der Waals surface area contributed by atoms with Crippen LogP contribution in [0.15, 0.2) is 17.0 Å². The lowest BCUT2D eigenvalue weighted by Crippen LogP contribution is -2.20. The third-order valence-electron chi connectivity index (χ3n) is 2.73. The zero-order valence-corrected chi connectivity index (χ0v) is 12.5. The molecule has 1 heterocycles. The van der Waals surface area contributed by atoms with Crippen LogP contribution in [0.4, 0.5) is 0 Å². The molecule has 1 saturated heterocycles. The molecule has 1 aliphatic heterocycles. The number of carbonyl (C=O) groups is 1. The maximum Gasteiger partial charge on any atom is 0.341 e. The van der Waals surface area contributed by atoms with Gasteiger partial charge in [-0.15, -0.1) is 0 Å². The largest absolute Gasteiger partial charge is 0.456 e. The third kappa shape index (κ3) is 3.24.